The van der Waals surface area contributed by atoms with Gasteiger partial charge in [-0.3, -0.25) is 0 Å². The zero-order valence-electron chi connectivity index (χ0n) is 22.2. The molecule has 11 heteroatoms. The number of anilines is 4. The number of benzene rings is 2. The Labute approximate surface area is 224 Å². The minimum Gasteiger partial charge on any atom is -0.497 e. The Morgan fingerprint density at radius 3 is 2.08 bits per heavy atom. The van der Waals surface area contributed by atoms with Crippen LogP contribution in [0.5, 0.6) is 5.75 Å². The summed E-state index contributed by atoms with van der Waals surface area (Å²) in [5.41, 5.74) is 2.15. The first-order valence-corrected chi connectivity index (χ1v) is 14.3. The fourth-order valence-corrected chi connectivity index (χ4v) is 6.06. The van der Waals surface area contributed by atoms with Crippen molar-refractivity contribution in [3.05, 3.63) is 60.2 Å². The summed E-state index contributed by atoms with van der Waals surface area (Å²) in [6, 6.07) is 16.7. The van der Waals surface area contributed by atoms with E-state index in [1.54, 1.807) is 31.4 Å². The van der Waals surface area contributed by atoms with Gasteiger partial charge in [-0.2, -0.15) is 14.3 Å². The number of piperazine rings is 2. The van der Waals surface area contributed by atoms with Crippen molar-refractivity contribution in [1.82, 2.24) is 19.2 Å². The van der Waals surface area contributed by atoms with E-state index in [4.69, 9.17) is 14.7 Å². The molecule has 10 nitrogen and oxygen atoms in total. The monoisotopic (exact) mass is 537 g/mol. The minimum atomic E-state index is -3.59. The Bertz CT molecular complexity index is 1330. The second-order valence-corrected chi connectivity index (χ2v) is 11.7. The van der Waals surface area contributed by atoms with Gasteiger partial charge in [0.1, 0.15) is 17.4 Å². The molecule has 1 aromatic heterocycles. The molecule has 2 saturated heterocycles. The van der Waals surface area contributed by atoms with Crippen LogP contribution in [0.15, 0.2) is 59.5 Å². The Kier molecular flexibility index (Phi) is 7.68. The van der Waals surface area contributed by atoms with Crippen molar-refractivity contribution >= 4 is 33.3 Å². The first kappa shape index (κ1) is 26.2. The SMILES string of the molecule is COc1ccc(S(=O)(=O)N2CCN(c3nc(Nc4ccc(C)cc4)cc(N4CCN(C)CC4)n3)CC2)cc1. The molecule has 202 valence electrons. The molecule has 3 aromatic rings. The summed E-state index contributed by atoms with van der Waals surface area (Å²) in [6.45, 7) is 7.53. The summed E-state index contributed by atoms with van der Waals surface area (Å²) in [5, 5.41) is 3.43. The zero-order chi connectivity index (χ0) is 26.7. The molecule has 2 fully saturated rings. The summed E-state index contributed by atoms with van der Waals surface area (Å²) in [4.78, 5) is 16.7. The normalized spacial score (nSPS) is 17.4. The number of methoxy groups -OCH3 is 1. The van der Waals surface area contributed by atoms with Crippen LogP contribution in [0.2, 0.25) is 0 Å². The Morgan fingerprint density at radius 1 is 0.816 bits per heavy atom. The highest BCUT2D eigenvalue weighted by Gasteiger charge is 2.30. The predicted molar refractivity (Wildman–Crippen MR) is 150 cm³/mol. The zero-order valence-corrected chi connectivity index (χ0v) is 23.0. The van der Waals surface area contributed by atoms with E-state index in [1.165, 1.54) is 9.87 Å². The van der Waals surface area contributed by atoms with Crippen LogP contribution in [0.1, 0.15) is 5.56 Å². The van der Waals surface area contributed by atoms with Gasteiger partial charge in [-0.05, 0) is 50.4 Å². The molecule has 2 aliphatic heterocycles. The minimum absolute atomic E-state index is 0.268. The molecule has 1 N–H and O–H groups in total. The third-order valence-electron chi connectivity index (χ3n) is 7.07. The molecule has 2 aromatic carbocycles. The molecule has 0 spiro atoms. The lowest BCUT2D eigenvalue weighted by Crippen LogP contribution is -2.49. The maximum atomic E-state index is 13.2. The average molecular weight is 538 g/mol. The lowest BCUT2D eigenvalue weighted by atomic mass is 10.2. The summed E-state index contributed by atoms with van der Waals surface area (Å²) in [5.74, 6) is 2.84. The van der Waals surface area contributed by atoms with Crippen molar-refractivity contribution in [1.29, 1.82) is 0 Å². The van der Waals surface area contributed by atoms with E-state index in [0.29, 0.717) is 37.9 Å². The highest BCUT2D eigenvalue weighted by Crippen LogP contribution is 2.26. The van der Waals surface area contributed by atoms with Gasteiger partial charge in [-0.1, -0.05) is 17.7 Å². The van der Waals surface area contributed by atoms with E-state index in [-0.39, 0.29) is 4.90 Å². The molecule has 0 bridgehead atoms. The van der Waals surface area contributed by atoms with Gasteiger partial charge in [0.05, 0.1) is 12.0 Å². The second kappa shape index (κ2) is 11.1. The van der Waals surface area contributed by atoms with Crippen LogP contribution in [0, 0.1) is 6.92 Å². The number of hydrogen-bond donors (Lipinski definition) is 1. The number of hydrogen-bond acceptors (Lipinski definition) is 9. The van der Waals surface area contributed by atoms with Gasteiger partial charge >= 0.3 is 0 Å². The smallest absolute Gasteiger partial charge is 0.243 e. The fraction of sp³-hybridized carbons (Fsp3) is 0.407. The molecule has 0 unspecified atom stereocenters. The summed E-state index contributed by atoms with van der Waals surface area (Å²) in [7, 11) is 0.102. The van der Waals surface area contributed by atoms with Crippen LogP contribution in [0.3, 0.4) is 0 Å². The van der Waals surface area contributed by atoms with E-state index in [0.717, 1.165) is 43.5 Å². The maximum absolute atomic E-state index is 13.2. The highest BCUT2D eigenvalue weighted by molar-refractivity contribution is 7.89. The Morgan fingerprint density at radius 2 is 1.45 bits per heavy atom. The van der Waals surface area contributed by atoms with E-state index >= 15 is 0 Å². The Balaban J connectivity index is 1.35. The number of nitrogens with zero attached hydrogens (tertiary/aromatic N) is 6. The van der Waals surface area contributed by atoms with Crippen LogP contribution >= 0.6 is 0 Å². The molecule has 38 heavy (non-hydrogen) atoms. The Hall–Kier alpha value is -3.41. The van der Waals surface area contributed by atoms with Crippen molar-refractivity contribution in [3.63, 3.8) is 0 Å². The number of sulfonamides is 1. The quantitative estimate of drug-likeness (QED) is 0.488. The number of aryl methyl sites for hydroxylation is 1. The summed E-state index contributed by atoms with van der Waals surface area (Å²) in [6.07, 6.45) is 0. The molecule has 0 saturated carbocycles. The third kappa shape index (κ3) is 5.85. The second-order valence-electron chi connectivity index (χ2n) is 9.76. The van der Waals surface area contributed by atoms with Gasteiger partial charge in [0.25, 0.3) is 0 Å². The van der Waals surface area contributed by atoms with E-state index in [2.05, 4.69) is 46.1 Å². The molecule has 0 atom stereocenters. The molecular formula is C27H35N7O3S. The highest BCUT2D eigenvalue weighted by atomic mass is 32.2. The number of ether oxygens (including phenoxy) is 1. The van der Waals surface area contributed by atoms with Crippen molar-refractivity contribution in [2.75, 3.05) is 81.6 Å². The third-order valence-corrected chi connectivity index (χ3v) is 8.98. The number of likely N-dealkylation sites (N-methyl/N-ethyl adjacent to an activating group) is 1. The average Bonchev–Trinajstić information content (AvgIpc) is 2.94. The van der Waals surface area contributed by atoms with E-state index < -0.39 is 10.0 Å². The van der Waals surface area contributed by atoms with E-state index in [9.17, 15) is 8.42 Å². The maximum Gasteiger partial charge on any atom is 0.243 e. The van der Waals surface area contributed by atoms with Crippen molar-refractivity contribution in [3.8, 4) is 5.75 Å². The van der Waals surface area contributed by atoms with Crippen LogP contribution in [-0.2, 0) is 10.0 Å². The fourth-order valence-electron chi connectivity index (χ4n) is 4.64. The van der Waals surface area contributed by atoms with Crippen molar-refractivity contribution < 1.29 is 13.2 Å². The molecular weight excluding hydrogens is 502 g/mol. The topological polar surface area (TPSA) is 94.1 Å². The largest absolute Gasteiger partial charge is 0.497 e. The number of rotatable bonds is 7. The van der Waals surface area contributed by atoms with Crippen LogP contribution in [-0.4, -0.2) is 94.1 Å². The molecule has 5 rings (SSSR count). The molecule has 0 radical (unpaired) electrons. The standard InChI is InChI=1S/C27H35N7O3S/c1-21-4-6-22(7-5-21)28-25-20-26(32-14-12-31(2)13-15-32)30-27(29-25)33-16-18-34(19-17-33)38(35,36)24-10-8-23(37-3)9-11-24/h4-11,20H,12-19H2,1-3H3,(H,28,29,30). The van der Waals surface area contributed by atoms with Gasteiger partial charge in [-0.15, -0.1) is 0 Å². The van der Waals surface area contributed by atoms with Crippen LogP contribution in [0.25, 0.3) is 0 Å². The van der Waals surface area contributed by atoms with Crippen LogP contribution < -0.4 is 19.9 Å². The first-order chi connectivity index (χ1) is 18.3. The number of nitrogens with one attached hydrogen (secondary N) is 1. The molecule has 0 amide bonds. The summed E-state index contributed by atoms with van der Waals surface area (Å²) < 4.78 is 33.1. The van der Waals surface area contributed by atoms with Crippen molar-refractivity contribution in [2.24, 2.45) is 0 Å². The van der Waals surface area contributed by atoms with Gasteiger partial charge < -0.3 is 24.8 Å². The molecule has 0 aliphatic carbocycles. The van der Waals surface area contributed by atoms with Gasteiger partial charge in [0, 0.05) is 64.1 Å². The predicted octanol–water partition coefficient (Wildman–Crippen LogP) is 2.80. The first-order valence-electron chi connectivity index (χ1n) is 12.9. The molecule has 2 aliphatic rings. The van der Waals surface area contributed by atoms with Gasteiger partial charge in [0.15, 0.2) is 0 Å². The lowest BCUT2D eigenvalue weighted by molar-refractivity contribution is 0.312. The van der Waals surface area contributed by atoms with E-state index in [1.807, 2.05) is 18.2 Å². The van der Waals surface area contributed by atoms with Crippen LogP contribution in [0.4, 0.5) is 23.3 Å². The summed E-state index contributed by atoms with van der Waals surface area (Å²) >= 11 is 0. The van der Waals surface area contributed by atoms with Gasteiger partial charge in [0.2, 0.25) is 16.0 Å². The van der Waals surface area contributed by atoms with Gasteiger partial charge in [-0.25, -0.2) is 8.42 Å². The molecule has 3 heterocycles. The number of aromatic nitrogens is 2. The van der Waals surface area contributed by atoms with Crippen molar-refractivity contribution in [2.45, 2.75) is 11.8 Å². The lowest BCUT2D eigenvalue weighted by Gasteiger charge is -2.36.